The lowest BCUT2D eigenvalue weighted by molar-refractivity contribution is -0.137. The van der Waals surface area contributed by atoms with Crippen LogP contribution in [0.4, 0.5) is 24.0 Å². The molecule has 34 heavy (non-hydrogen) atoms. The second-order valence-electron chi connectivity index (χ2n) is 7.19. The maximum atomic E-state index is 13.0. The first-order valence-corrected chi connectivity index (χ1v) is 11.8. The zero-order chi connectivity index (χ0) is 24.1. The fourth-order valence-corrected chi connectivity index (χ4v) is 4.54. The van der Waals surface area contributed by atoms with Gasteiger partial charge in [-0.2, -0.15) is 18.3 Å². The van der Waals surface area contributed by atoms with Crippen LogP contribution in [-0.4, -0.2) is 42.6 Å². The van der Waals surface area contributed by atoms with Crippen LogP contribution in [0.15, 0.2) is 53.6 Å². The maximum Gasteiger partial charge on any atom is 0.416 e. The average Bonchev–Trinajstić information content (AvgIpc) is 3.25. The largest absolute Gasteiger partial charge is 0.416 e. The summed E-state index contributed by atoms with van der Waals surface area (Å²) < 4.78 is 44.4. The van der Waals surface area contributed by atoms with Crippen LogP contribution < -0.4 is 15.6 Å². The summed E-state index contributed by atoms with van der Waals surface area (Å²) in [7, 11) is 0. The number of hydrogen-bond donors (Lipinski definition) is 2. The summed E-state index contributed by atoms with van der Waals surface area (Å²) in [6.45, 7) is 2.79. The van der Waals surface area contributed by atoms with E-state index in [4.69, 9.17) is 33.5 Å². The minimum absolute atomic E-state index is 0.00310. The molecule has 0 amide bonds. The van der Waals surface area contributed by atoms with Gasteiger partial charge in [0.15, 0.2) is 10.2 Å². The Labute approximate surface area is 208 Å². The van der Waals surface area contributed by atoms with Crippen LogP contribution in [0.3, 0.4) is 0 Å². The molecule has 1 aliphatic heterocycles. The third kappa shape index (κ3) is 6.03. The number of morpholine rings is 1. The number of hydrazone groups is 1. The van der Waals surface area contributed by atoms with Crippen LogP contribution in [0, 0.1) is 0 Å². The third-order valence-electron chi connectivity index (χ3n) is 4.86. The van der Waals surface area contributed by atoms with Gasteiger partial charge in [-0.15, -0.1) is 0 Å². The number of thiazole rings is 1. The predicted octanol–water partition coefficient (Wildman–Crippen LogP) is 5.64. The van der Waals surface area contributed by atoms with Gasteiger partial charge in [-0.3, -0.25) is 5.43 Å². The van der Waals surface area contributed by atoms with E-state index in [-0.39, 0.29) is 15.8 Å². The van der Waals surface area contributed by atoms with E-state index >= 15 is 0 Å². The van der Waals surface area contributed by atoms with Gasteiger partial charge < -0.3 is 15.0 Å². The van der Waals surface area contributed by atoms with Crippen molar-refractivity contribution in [2.24, 2.45) is 5.10 Å². The quantitative estimate of drug-likeness (QED) is 0.255. The van der Waals surface area contributed by atoms with Gasteiger partial charge >= 0.3 is 6.18 Å². The Balaban J connectivity index is 1.50. The highest BCUT2D eigenvalue weighted by Gasteiger charge is 2.31. The first kappa shape index (κ1) is 24.4. The second-order valence-corrected chi connectivity index (χ2v) is 9.02. The van der Waals surface area contributed by atoms with Crippen molar-refractivity contribution in [3.63, 3.8) is 0 Å². The number of nitrogens with zero attached hydrogens (tertiary/aromatic N) is 3. The van der Waals surface area contributed by atoms with E-state index in [0.29, 0.717) is 13.2 Å². The Morgan fingerprint density at radius 1 is 1.18 bits per heavy atom. The van der Waals surface area contributed by atoms with Gasteiger partial charge in [0, 0.05) is 18.7 Å². The molecule has 0 radical (unpaired) electrons. The van der Waals surface area contributed by atoms with Gasteiger partial charge in [0.1, 0.15) is 0 Å². The molecule has 0 spiro atoms. The summed E-state index contributed by atoms with van der Waals surface area (Å²) in [5.74, 6) is 0. The molecule has 0 atom stereocenters. The van der Waals surface area contributed by atoms with Crippen molar-refractivity contribution >= 4 is 57.3 Å². The number of alkyl halides is 3. The normalized spacial score (nSPS) is 14.4. The minimum atomic E-state index is -4.49. The number of aromatic nitrogens is 1. The molecule has 0 aliphatic carbocycles. The van der Waals surface area contributed by atoms with Gasteiger partial charge in [-0.05, 0) is 30.4 Å². The van der Waals surface area contributed by atoms with Crippen molar-refractivity contribution < 1.29 is 17.9 Å². The van der Waals surface area contributed by atoms with Crippen molar-refractivity contribution in [1.82, 2.24) is 10.4 Å². The molecule has 1 aliphatic rings. The van der Waals surface area contributed by atoms with Crippen LogP contribution in [0.2, 0.25) is 5.02 Å². The Kier molecular flexibility index (Phi) is 7.67. The zero-order valence-electron chi connectivity index (χ0n) is 17.6. The van der Waals surface area contributed by atoms with Crippen LogP contribution in [-0.2, 0) is 10.9 Å². The van der Waals surface area contributed by atoms with Gasteiger partial charge in [-0.25, -0.2) is 4.98 Å². The molecule has 2 heterocycles. The van der Waals surface area contributed by atoms with E-state index in [2.05, 4.69) is 20.7 Å². The highest BCUT2D eigenvalue weighted by Crippen LogP contribution is 2.34. The molecule has 0 unspecified atom stereocenters. The lowest BCUT2D eigenvalue weighted by Crippen LogP contribution is -2.36. The van der Waals surface area contributed by atoms with Crippen molar-refractivity contribution in [3.05, 3.63) is 64.0 Å². The van der Waals surface area contributed by atoms with Crippen molar-refractivity contribution in [3.8, 4) is 11.3 Å². The number of ether oxygens (including phenoxy) is 1. The molecule has 4 rings (SSSR count). The summed E-state index contributed by atoms with van der Waals surface area (Å²) >= 11 is 12.7. The smallest absolute Gasteiger partial charge is 0.378 e. The van der Waals surface area contributed by atoms with Crippen molar-refractivity contribution in [2.75, 3.05) is 36.5 Å². The minimum Gasteiger partial charge on any atom is -0.378 e. The molecule has 0 saturated carbocycles. The molecule has 1 aromatic heterocycles. The molecule has 1 fully saturated rings. The molecular weight excluding hydrogens is 507 g/mol. The molecule has 6 nitrogen and oxygen atoms in total. The summed E-state index contributed by atoms with van der Waals surface area (Å²) in [6, 6.07) is 12.7. The number of halogens is 4. The number of nitrogens with one attached hydrogen (secondary N) is 2. The molecule has 2 N–H and O–H groups in total. The van der Waals surface area contributed by atoms with E-state index in [1.54, 1.807) is 6.21 Å². The SMILES string of the molecule is FC(F)(F)c1ccc(Cl)c(NC(=S)NN=Cc2sc(N3CCOCC3)nc2-c2ccccc2)c1. The van der Waals surface area contributed by atoms with Gasteiger partial charge in [0.05, 0.1) is 46.3 Å². The summed E-state index contributed by atoms with van der Waals surface area (Å²) in [6.07, 6.45) is -2.90. The van der Waals surface area contributed by atoms with E-state index < -0.39 is 11.7 Å². The van der Waals surface area contributed by atoms with Gasteiger partial charge in [0.25, 0.3) is 0 Å². The van der Waals surface area contributed by atoms with Gasteiger partial charge in [0.2, 0.25) is 0 Å². The standard InChI is InChI=1S/C22H19ClF3N5OS2/c23-16-7-6-15(22(24,25)26)12-17(16)28-20(33)30-27-13-18-19(14-4-2-1-3-5-14)29-21(34-18)31-8-10-32-11-9-31/h1-7,12-13H,8-11H2,(H2,28,30,33). The topological polar surface area (TPSA) is 61.8 Å². The first-order chi connectivity index (χ1) is 16.3. The first-order valence-electron chi connectivity index (χ1n) is 10.2. The molecule has 1 saturated heterocycles. The average molecular weight is 526 g/mol. The number of anilines is 2. The maximum absolute atomic E-state index is 13.0. The van der Waals surface area contributed by atoms with E-state index in [9.17, 15) is 13.2 Å². The Morgan fingerprint density at radius 2 is 1.91 bits per heavy atom. The van der Waals surface area contributed by atoms with Crippen LogP contribution in [0.1, 0.15) is 10.4 Å². The molecule has 178 valence electrons. The molecule has 3 aromatic rings. The fourth-order valence-electron chi connectivity index (χ4n) is 3.20. The van der Waals surface area contributed by atoms with E-state index in [1.165, 1.54) is 11.3 Å². The number of hydrogen-bond acceptors (Lipinski definition) is 6. The predicted molar refractivity (Wildman–Crippen MR) is 134 cm³/mol. The lowest BCUT2D eigenvalue weighted by atomic mass is 10.1. The van der Waals surface area contributed by atoms with Crippen LogP contribution >= 0.6 is 35.2 Å². The second kappa shape index (κ2) is 10.7. The van der Waals surface area contributed by atoms with Crippen LogP contribution in [0.5, 0.6) is 0 Å². The third-order valence-corrected chi connectivity index (χ3v) is 6.43. The highest BCUT2D eigenvalue weighted by atomic mass is 35.5. The fraction of sp³-hybridized carbons (Fsp3) is 0.227. The van der Waals surface area contributed by atoms with Crippen molar-refractivity contribution in [2.45, 2.75) is 6.18 Å². The monoisotopic (exact) mass is 525 g/mol. The summed E-state index contributed by atoms with van der Waals surface area (Å²) in [5.41, 5.74) is 3.54. The molecule has 12 heteroatoms. The van der Waals surface area contributed by atoms with Crippen LogP contribution in [0.25, 0.3) is 11.3 Å². The molecular formula is C22H19ClF3N5OS2. The summed E-state index contributed by atoms with van der Waals surface area (Å²) in [4.78, 5) is 7.78. The Morgan fingerprint density at radius 3 is 2.62 bits per heavy atom. The van der Waals surface area contributed by atoms with Crippen molar-refractivity contribution in [1.29, 1.82) is 0 Å². The highest BCUT2D eigenvalue weighted by molar-refractivity contribution is 7.80. The number of thiocarbonyl (C=S) groups is 1. The molecule has 2 aromatic carbocycles. The van der Waals surface area contributed by atoms with E-state index in [0.717, 1.165) is 52.6 Å². The van der Waals surface area contributed by atoms with E-state index in [1.807, 2.05) is 30.3 Å². The number of benzene rings is 2. The van der Waals surface area contributed by atoms with Gasteiger partial charge in [-0.1, -0.05) is 53.3 Å². The lowest BCUT2D eigenvalue weighted by Gasteiger charge is -2.26. The molecule has 0 bridgehead atoms. The number of rotatable bonds is 5. The summed E-state index contributed by atoms with van der Waals surface area (Å²) in [5, 5.41) is 7.78. The Hall–Kier alpha value is -2.73. The Bertz CT molecular complexity index is 1180. The zero-order valence-corrected chi connectivity index (χ0v) is 20.0.